The zero-order chi connectivity index (χ0) is 32.9. The van der Waals surface area contributed by atoms with Gasteiger partial charge in [-0.25, -0.2) is 8.42 Å². The summed E-state index contributed by atoms with van der Waals surface area (Å²) >= 11 is 0. The number of ether oxygens (including phenoxy) is 1. The molecule has 12 heteroatoms. The number of nitrogens with one attached hydrogen (secondary N) is 1. The van der Waals surface area contributed by atoms with Crippen molar-refractivity contribution in [2.75, 3.05) is 24.5 Å². The highest BCUT2D eigenvalue weighted by atomic mass is 32.2. The first-order valence-corrected chi connectivity index (χ1v) is 17.1. The van der Waals surface area contributed by atoms with Gasteiger partial charge in [-0.05, 0) is 55.7 Å². The number of nitrogens with zero attached hydrogens (tertiary/aromatic N) is 2. The molecule has 0 aromatic heterocycles. The maximum atomic E-state index is 12.6. The fourth-order valence-corrected chi connectivity index (χ4v) is 8.65. The van der Waals surface area contributed by atoms with Gasteiger partial charge in [-0.15, -0.1) is 0 Å². The standard InChI is InChI=1S/C34H38N4O7S/c1-33(2)22-13-18(14-29(39)36-17-24(35)32(40)41)5-7-25(22)37-11-9-27-20(30(33)37)16-21-28(45-27)10-12-38-26-8-6-19(46(42,43)44)15-23(26)34(3,4)31(21)38/h5-8,13,15-16,24,27-28H,9-12,14,17,35H2,1-4H3,(H2-,36,39,40,41,42,43,44)/t24-,27?,28?/m1/s1. The largest absolute Gasteiger partial charge is 0.744 e. The molecule has 0 fully saturated rings. The molecule has 0 saturated heterocycles. The quantitative estimate of drug-likeness (QED) is 0.339. The van der Waals surface area contributed by atoms with E-state index in [1.807, 2.05) is 6.07 Å². The van der Waals surface area contributed by atoms with E-state index in [2.05, 4.69) is 66.4 Å². The lowest BCUT2D eigenvalue weighted by atomic mass is 9.74. The van der Waals surface area contributed by atoms with Crippen LogP contribution in [0.1, 0.15) is 57.2 Å². The predicted octanol–water partition coefficient (Wildman–Crippen LogP) is 0.539. The number of carboxylic acids is 1. The van der Waals surface area contributed by atoms with Gasteiger partial charge in [0.25, 0.3) is 0 Å². The number of carboxylic acid groups (broad SMARTS) is 1. The number of benzene rings is 2. The van der Waals surface area contributed by atoms with Crippen molar-refractivity contribution in [2.24, 2.45) is 0 Å². The Hall–Kier alpha value is -3.84. The Morgan fingerprint density at radius 3 is 2.57 bits per heavy atom. The van der Waals surface area contributed by atoms with Gasteiger partial charge in [-0.1, -0.05) is 26.0 Å². The Morgan fingerprint density at radius 2 is 1.85 bits per heavy atom. The minimum Gasteiger partial charge on any atom is -0.744 e. The third-order valence-corrected chi connectivity index (χ3v) is 11.2. The van der Waals surface area contributed by atoms with E-state index < -0.39 is 27.5 Å². The lowest BCUT2D eigenvalue weighted by molar-refractivity contribution is -0.445. The van der Waals surface area contributed by atoms with E-state index in [0.717, 1.165) is 70.9 Å². The van der Waals surface area contributed by atoms with Crippen LogP contribution in [0.3, 0.4) is 0 Å². The highest BCUT2D eigenvalue weighted by Gasteiger charge is 2.54. The van der Waals surface area contributed by atoms with Crippen LogP contribution in [0.15, 0.2) is 64.2 Å². The molecule has 11 nitrogen and oxygen atoms in total. The lowest BCUT2D eigenvalue weighted by Gasteiger charge is -2.42. The topological polar surface area (TPSA) is 170 Å². The Kier molecular flexibility index (Phi) is 6.92. The first-order valence-electron chi connectivity index (χ1n) is 15.7. The van der Waals surface area contributed by atoms with E-state index in [0.29, 0.717) is 0 Å². The number of anilines is 1. The molecule has 46 heavy (non-hydrogen) atoms. The van der Waals surface area contributed by atoms with Crippen molar-refractivity contribution in [3.05, 3.63) is 76.0 Å². The van der Waals surface area contributed by atoms with Gasteiger partial charge in [0.2, 0.25) is 11.6 Å². The lowest BCUT2D eigenvalue weighted by Crippen LogP contribution is -2.72. The van der Waals surface area contributed by atoms with E-state index in [1.165, 1.54) is 17.8 Å². The van der Waals surface area contributed by atoms with E-state index >= 15 is 0 Å². The van der Waals surface area contributed by atoms with E-state index in [1.54, 1.807) is 6.07 Å². The predicted molar refractivity (Wildman–Crippen MR) is 165 cm³/mol. The molecule has 0 saturated carbocycles. The van der Waals surface area contributed by atoms with Crippen LogP contribution in [-0.4, -0.2) is 73.0 Å². The fourth-order valence-electron chi connectivity index (χ4n) is 8.15. The number of amides is 1. The molecule has 2 unspecified atom stereocenters. The Morgan fingerprint density at radius 1 is 1.09 bits per heavy atom. The molecular formula is C34H38N4O7S. The van der Waals surface area contributed by atoms with Crippen LogP contribution in [0.4, 0.5) is 11.4 Å². The van der Waals surface area contributed by atoms with Gasteiger partial charge in [0.05, 0.1) is 35.5 Å². The van der Waals surface area contributed by atoms with Crippen molar-refractivity contribution < 1.29 is 42.7 Å². The van der Waals surface area contributed by atoms with Gasteiger partial charge in [0.1, 0.15) is 22.1 Å². The second kappa shape index (κ2) is 10.3. The van der Waals surface area contributed by atoms with Crippen LogP contribution < -0.4 is 21.1 Å². The van der Waals surface area contributed by atoms with Crippen molar-refractivity contribution in [2.45, 2.75) is 80.9 Å². The molecule has 5 heterocycles. The molecule has 2 aromatic rings. The first kappa shape index (κ1) is 30.8. The van der Waals surface area contributed by atoms with Crippen molar-refractivity contribution in [3.63, 3.8) is 0 Å². The fraction of sp³-hybridized carbons (Fsp3) is 0.441. The number of fused-ring (bicyclic) bond motifs is 8. The molecule has 242 valence electrons. The van der Waals surface area contributed by atoms with Gasteiger partial charge >= 0.3 is 0 Å². The van der Waals surface area contributed by atoms with Crippen LogP contribution in [0.2, 0.25) is 0 Å². The van der Waals surface area contributed by atoms with Crippen LogP contribution >= 0.6 is 0 Å². The molecule has 4 N–H and O–H groups in total. The second-order valence-electron chi connectivity index (χ2n) is 14.0. The molecule has 3 atom stereocenters. The third kappa shape index (κ3) is 4.64. The number of quaternary nitrogens is 1. The molecular weight excluding hydrogens is 608 g/mol. The summed E-state index contributed by atoms with van der Waals surface area (Å²) in [5.41, 5.74) is 11.8. The molecule has 0 bridgehead atoms. The number of hydrogen-bond acceptors (Lipinski definition) is 8. The van der Waals surface area contributed by atoms with Gasteiger partial charge in [0, 0.05) is 52.5 Å². The van der Waals surface area contributed by atoms with Crippen molar-refractivity contribution >= 4 is 39.1 Å². The van der Waals surface area contributed by atoms with Gasteiger partial charge in [-0.3, -0.25) is 4.79 Å². The van der Waals surface area contributed by atoms with E-state index in [-0.39, 0.29) is 41.4 Å². The summed E-state index contributed by atoms with van der Waals surface area (Å²) in [4.78, 5) is 25.7. The van der Waals surface area contributed by atoms with Crippen molar-refractivity contribution in [3.8, 4) is 0 Å². The monoisotopic (exact) mass is 646 g/mol. The molecule has 5 aliphatic rings. The van der Waals surface area contributed by atoms with E-state index in [4.69, 9.17) is 4.74 Å². The van der Waals surface area contributed by atoms with Crippen molar-refractivity contribution in [1.82, 2.24) is 5.32 Å². The number of carbonyl (C=O) groups excluding carboxylic acids is 2. The van der Waals surface area contributed by atoms with E-state index in [9.17, 15) is 27.7 Å². The summed E-state index contributed by atoms with van der Waals surface area (Å²) in [5.74, 6) is -1.58. The summed E-state index contributed by atoms with van der Waals surface area (Å²) in [5, 5.41) is 13.6. The van der Waals surface area contributed by atoms with Gasteiger partial charge < -0.3 is 35.1 Å². The highest BCUT2D eigenvalue weighted by Crippen LogP contribution is 2.54. The Bertz CT molecular complexity index is 1920. The normalized spacial score (nSPS) is 24.2. The zero-order valence-electron chi connectivity index (χ0n) is 26.4. The molecule has 0 radical (unpaired) electrons. The molecule has 2 aromatic carbocycles. The maximum absolute atomic E-state index is 12.6. The summed E-state index contributed by atoms with van der Waals surface area (Å²) in [6, 6.07) is 9.76. The first-order chi connectivity index (χ1) is 21.6. The number of aliphatic carboxylic acids is 1. The zero-order valence-corrected chi connectivity index (χ0v) is 27.2. The van der Waals surface area contributed by atoms with Crippen molar-refractivity contribution in [1.29, 1.82) is 0 Å². The average Bonchev–Trinajstić information content (AvgIpc) is 3.37. The summed E-state index contributed by atoms with van der Waals surface area (Å²) in [7, 11) is -4.59. The molecule has 7 rings (SSSR count). The van der Waals surface area contributed by atoms with Crippen LogP contribution in [0.5, 0.6) is 0 Å². The Labute approximate surface area is 268 Å². The minimum atomic E-state index is -4.59. The van der Waals surface area contributed by atoms with Crippen LogP contribution in [0.25, 0.3) is 0 Å². The summed E-state index contributed by atoms with van der Waals surface area (Å²) in [6.07, 6.45) is 3.89. The van der Waals surface area contributed by atoms with Gasteiger partial charge in [-0.2, -0.15) is 4.58 Å². The van der Waals surface area contributed by atoms with Crippen LogP contribution in [-0.2, 0) is 41.7 Å². The molecule has 0 aliphatic carbocycles. The smallest absolute Gasteiger partial charge is 0.224 e. The average molecular weight is 647 g/mol. The number of rotatable bonds is 6. The third-order valence-electron chi connectivity index (χ3n) is 10.3. The number of carbonyl (C=O) groups is 2. The number of hydrogen-bond donors (Lipinski definition) is 2. The molecule has 5 aliphatic heterocycles. The molecule has 1 amide bonds. The molecule has 0 spiro atoms. The SMILES string of the molecule is CC1(C)C2=C3C=C4C5=[N+](CCC4OC3CCN2c2ccc(CC(=O)NC[C@@H]([NH3+])C(=O)[O-])cc21)c1ccc(S(=O)(=O)[O-])cc1C5(C)C. The summed E-state index contributed by atoms with van der Waals surface area (Å²) in [6.45, 7) is 9.98. The highest BCUT2D eigenvalue weighted by molar-refractivity contribution is 7.85. The number of allylic oxidation sites excluding steroid dienone is 1. The Balaban J connectivity index is 1.26. The second-order valence-corrected chi connectivity index (χ2v) is 15.4. The van der Waals surface area contributed by atoms with Gasteiger partial charge in [0.15, 0.2) is 12.3 Å². The minimum absolute atomic E-state index is 0.0607. The van der Waals surface area contributed by atoms with Crippen LogP contribution in [0, 0.1) is 0 Å². The maximum Gasteiger partial charge on any atom is 0.224 e. The summed E-state index contributed by atoms with van der Waals surface area (Å²) < 4.78 is 44.8.